The summed E-state index contributed by atoms with van der Waals surface area (Å²) >= 11 is 0. The molecule has 0 heterocycles. The van der Waals surface area contributed by atoms with Gasteiger partial charge in [0.1, 0.15) is 11.8 Å². The van der Waals surface area contributed by atoms with Crippen molar-refractivity contribution in [2.45, 2.75) is 6.54 Å². The number of benzene rings is 2. The molecule has 2 aromatic carbocycles. The molecule has 6 heteroatoms. The van der Waals surface area contributed by atoms with Gasteiger partial charge < -0.3 is 10.6 Å². The van der Waals surface area contributed by atoms with Crippen molar-refractivity contribution in [3.05, 3.63) is 63.7 Å². The molecule has 0 unspecified atom stereocenters. The topological polar surface area (TPSA) is 96.2 Å². The summed E-state index contributed by atoms with van der Waals surface area (Å²) in [7, 11) is 1.81. The Hall–Kier alpha value is -3.07. The van der Waals surface area contributed by atoms with Gasteiger partial charge in [-0.2, -0.15) is 5.26 Å². The van der Waals surface area contributed by atoms with Crippen LogP contribution >= 0.6 is 0 Å². The number of hydrogen-bond donors (Lipinski definition) is 1. The predicted molar refractivity (Wildman–Crippen MR) is 80.8 cm³/mol. The van der Waals surface area contributed by atoms with Gasteiger partial charge in [-0.3, -0.25) is 10.1 Å². The molecule has 0 amide bonds. The molecule has 0 bridgehead atoms. The molecule has 0 saturated carbocycles. The molecule has 0 fully saturated rings. The smallest absolute Gasteiger partial charge is 0.292 e. The summed E-state index contributed by atoms with van der Waals surface area (Å²) in [5.41, 5.74) is 7.85. The first kappa shape index (κ1) is 14.3. The van der Waals surface area contributed by atoms with Crippen LogP contribution in [0.5, 0.6) is 0 Å². The average molecular weight is 282 g/mol. The van der Waals surface area contributed by atoms with E-state index in [0.717, 1.165) is 5.69 Å². The van der Waals surface area contributed by atoms with Crippen LogP contribution in [-0.2, 0) is 6.54 Å². The number of hydrogen-bond acceptors (Lipinski definition) is 5. The van der Waals surface area contributed by atoms with Gasteiger partial charge in [0.15, 0.2) is 0 Å². The normalized spacial score (nSPS) is 9.90. The largest absolute Gasteiger partial charge is 0.393 e. The summed E-state index contributed by atoms with van der Waals surface area (Å²) in [4.78, 5) is 12.2. The van der Waals surface area contributed by atoms with Crippen LogP contribution in [0.1, 0.15) is 11.1 Å². The van der Waals surface area contributed by atoms with Gasteiger partial charge in [-0.1, -0.05) is 24.3 Å². The second-order valence-electron chi connectivity index (χ2n) is 4.59. The van der Waals surface area contributed by atoms with E-state index in [1.54, 1.807) is 24.3 Å². The van der Waals surface area contributed by atoms with Gasteiger partial charge in [-0.25, -0.2) is 0 Å². The number of rotatable bonds is 4. The molecule has 6 nitrogen and oxygen atoms in total. The second-order valence-corrected chi connectivity index (χ2v) is 4.59. The molecular formula is C15H14N4O2. The van der Waals surface area contributed by atoms with E-state index < -0.39 is 4.92 Å². The number of para-hydroxylation sites is 2. The summed E-state index contributed by atoms with van der Waals surface area (Å²) < 4.78 is 0. The number of nitrogen functional groups attached to an aromatic ring is 1. The zero-order valence-corrected chi connectivity index (χ0v) is 11.5. The van der Waals surface area contributed by atoms with Crippen molar-refractivity contribution in [1.82, 2.24) is 0 Å². The van der Waals surface area contributed by atoms with Crippen LogP contribution in [0.2, 0.25) is 0 Å². The Bertz CT molecular complexity index is 722. The third kappa shape index (κ3) is 2.92. The van der Waals surface area contributed by atoms with Crippen LogP contribution in [-0.4, -0.2) is 12.0 Å². The number of nitro groups is 1. The van der Waals surface area contributed by atoms with Gasteiger partial charge in [-0.05, 0) is 12.1 Å². The van der Waals surface area contributed by atoms with E-state index in [9.17, 15) is 10.1 Å². The van der Waals surface area contributed by atoms with Crippen molar-refractivity contribution in [2.75, 3.05) is 17.7 Å². The first-order valence-electron chi connectivity index (χ1n) is 6.26. The van der Waals surface area contributed by atoms with Crippen molar-refractivity contribution >= 4 is 17.1 Å². The van der Waals surface area contributed by atoms with Gasteiger partial charge in [-0.15, -0.1) is 0 Å². The van der Waals surface area contributed by atoms with E-state index in [4.69, 9.17) is 11.0 Å². The summed E-state index contributed by atoms with van der Waals surface area (Å²) in [6.45, 7) is 0.381. The molecule has 2 rings (SSSR count). The van der Waals surface area contributed by atoms with E-state index >= 15 is 0 Å². The fourth-order valence-corrected chi connectivity index (χ4v) is 2.14. The van der Waals surface area contributed by atoms with E-state index in [2.05, 4.69) is 6.07 Å². The zero-order valence-electron chi connectivity index (χ0n) is 11.5. The average Bonchev–Trinajstić information content (AvgIpc) is 2.48. The van der Waals surface area contributed by atoms with Gasteiger partial charge in [0, 0.05) is 25.2 Å². The van der Waals surface area contributed by atoms with Crippen molar-refractivity contribution in [1.29, 1.82) is 5.26 Å². The molecule has 0 aliphatic carbocycles. The minimum atomic E-state index is -0.498. The maximum absolute atomic E-state index is 10.9. The Morgan fingerprint density at radius 1 is 1.29 bits per heavy atom. The molecule has 0 radical (unpaired) electrons. The monoisotopic (exact) mass is 282 g/mol. The number of anilines is 2. The highest BCUT2D eigenvalue weighted by atomic mass is 16.6. The van der Waals surface area contributed by atoms with E-state index in [1.165, 1.54) is 6.07 Å². The highest BCUT2D eigenvalue weighted by molar-refractivity contribution is 5.65. The van der Waals surface area contributed by atoms with Gasteiger partial charge in [0.05, 0.1) is 16.2 Å². The molecule has 2 aromatic rings. The van der Waals surface area contributed by atoms with Crippen LogP contribution in [0, 0.1) is 21.4 Å². The Labute approximate surface area is 122 Å². The summed E-state index contributed by atoms with van der Waals surface area (Å²) in [5, 5.41) is 20.0. The lowest BCUT2D eigenvalue weighted by molar-refractivity contribution is -0.383. The lowest BCUT2D eigenvalue weighted by Gasteiger charge is -2.21. The third-order valence-corrected chi connectivity index (χ3v) is 3.21. The molecule has 0 aromatic heterocycles. The summed E-state index contributed by atoms with van der Waals surface area (Å²) in [6.07, 6.45) is 0. The summed E-state index contributed by atoms with van der Waals surface area (Å²) in [6, 6.07) is 14.0. The first-order chi connectivity index (χ1) is 10.0. The SMILES string of the molecule is CN(Cc1cccc([N+](=O)[O-])c1N)c1ccccc1C#N. The van der Waals surface area contributed by atoms with Crippen LogP contribution in [0.25, 0.3) is 0 Å². The van der Waals surface area contributed by atoms with Gasteiger partial charge in [0.25, 0.3) is 5.69 Å². The number of nitro benzene ring substituents is 1. The van der Waals surface area contributed by atoms with E-state index in [1.807, 2.05) is 24.1 Å². The first-order valence-corrected chi connectivity index (χ1v) is 6.26. The van der Waals surface area contributed by atoms with Crippen molar-refractivity contribution in [2.24, 2.45) is 0 Å². The molecule has 0 atom stereocenters. The van der Waals surface area contributed by atoms with Gasteiger partial charge in [0.2, 0.25) is 0 Å². The fourth-order valence-electron chi connectivity index (χ4n) is 2.14. The zero-order chi connectivity index (χ0) is 15.4. The quantitative estimate of drug-likeness (QED) is 0.528. The Morgan fingerprint density at radius 2 is 2.00 bits per heavy atom. The number of nitriles is 1. The molecule has 0 spiro atoms. The summed E-state index contributed by atoms with van der Waals surface area (Å²) in [5.74, 6) is 0. The maximum atomic E-state index is 10.9. The minimum absolute atomic E-state index is 0.102. The van der Waals surface area contributed by atoms with E-state index in [-0.39, 0.29) is 11.4 Å². The van der Waals surface area contributed by atoms with Crippen LogP contribution in [0.3, 0.4) is 0 Å². The second kappa shape index (κ2) is 5.92. The molecule has 106 valence electrons. The highest BCUT2D eigenvalue weighted by Gasteiger charge is 2.16. The Kier molecular flexibility index (Phi) is 4.05. The maximum Gasteiger partial charge on any atom is 0.292 e. The lowest BCUT2D eigenvalue weighted by Crippen LogP contribution is -2.18. The molecule has 21 heavy (non-hydrogen) atoms. The minimum Gasteiger partial charge on any atom is -0.393 e. The molecule has 2 N–H and O–H groups in total. The Morgan fingerprint density at radius 3 is 2.67 bits per heavy atom. The molecule has 0 aliphatic heterocycles. The number of nitrogens with zero attached hydrogens (tertiary/aromatic N) is 3. The molecule has 0 aliphatic rings. The highest BCUT2D eigenvalue weighted by Crippen LogP contribution is 2.27. The van der Waals surface area contributed by atoms with Crippen LogP contribution in [0.15, 0.2) is 42.5 Å². The lowest BCUT2D eigenvalue weighted by atomic mass is 10.1. The van der Waals surface area contributed by atoms with Crippen LogP contribution in [0.4, 0.5) is 17.1 Å². The van der Waals surface area contributed by atoms with Crippen LogP contribution < -0.4 is 10.6 Å². The molecular weight excluding hydrogens is 268 g/mol. The van der Waals surface area contributed by atoms with E-state index in [0.29, 0.717) is 17.7 Å². The number of nitrogens with two attached hydrogens (primary N) is 1. The van der Waals surface area contributed by atoms with Crippen molar-refractivity contribution in [3.8, 4) is 6.07 Å². The fraction of sp³-hybridized carbons (Fsp3) is 0.133. The van der Waals surface area contributed by atoms with Crippen molar-refractivity contribution < 1.29 is 4.92 Å². The molecule has 0 saturated heterocycles. The standard InChI is InChI=1S/C15H14N4O2/c1-18(13-7-3-2-5-11(13)9-16)10-12-6-4-8-14(15(12)17)19(20)21/h2-8H,10,17H2,1H3. The third-order valence-electron chi connectivity index (χ3n) is 3.21. The van der Waals surface area contributed by atoms with Crippen molar-refractivity contribution in [3.63, 3.8) is 0 Å². The Balaban J connectivity index is 2.32. The predicted octanol–water partition coefficient (Wildman–Crippen LogP) is 2.69. The van der Waals surface area contributed by atoms with Gasteiger partial charge >= 0.3 is 0 Å².